The molecule has 20 heavy (non-hydrogen) atoms. The molecule has 0 bridgehead atoms. The Labute approximate surface area is 121 Å². The van der Waals surface area contributed by atoms with Crippen LogP contribution in [-0.4, -0.2) is 23.5 Å². The van der Waals surface area contributed by atoms with E-state index in [0.29, 0.717) is 11.6 Å². The number of nitrogens with zero attached hydrogens (tertiary/aromatic N) is 1. The number of nitrogens with one attached hydrogen (secondary N) is 2. The minimum absolute atomic E-state index is 0.0561. The lowest BCUT2D eigenvalue weighted by Gasteiger charge is -2.33. The average Bonchev–Trinajstić information content (AvgIpc) is 2.43. The van der Waals surface area contributed by atoms with Crippen molar-refractivity contribution in [1.82, 2.24) is 10.3 Å². The van der Waals surface area contributed by atoms with Crippen molar-refractivity contribution in [3.8, 4) is 0 Å². The summed E-state index contributed by atoms with van der Waals surface area (Å²) in [5.74, 6) is 1.26. The zero-order valence-corrected chi connectivity index (χ0v) is 12.6. The van der Waals surface area contributed by atoms with E-state index in [1.807, 2.05) is 13.0 Å². The van der Waals surface area contributed by atoms with Crippen molar-refractivity contribution < 1.29 is 4.79 Å². The monoisotopic (exact) mass is 275 g/mol. The second kappa shape index (κ2) is 6.73. The fraction of sp³-hybridized carbons (Fsp3) is 0.625. The summed E-state index contributed by atoms with van der Waals surface area (Å²) in [7, 11) is 0. The Balaban J connectivity index is 1.94. The standard InChI is InChI=1S/C16H25N3O/c1-4-17-13-6-8-15(18-10-13)16(20)19-14-7-5-11(2)9-12(14)3/h6,8,10-12,14,17H,4-5,7,9H2,1-3H3,(H,19,20). The second-order valence-electron chi connectivity index (χ2n) is 5.94. The molecule has 0 aromatic carbocycles. The molecule has 4 heteroatoms. The van der Waals surface area contributed by atoms with Crippen LogP contribution in [0.2, 0.25) is 0 Å². The second-order valence-corrected chi connectivity index (χ2v) is 5.94. The van der Waals surface area contributed by atoms with E-state index in [4.69, 9.17) is 0 Å². The van der Waals surface area contributed by atoms with Crippen molar-refractivity contribution in [2.45, 2.75) is 46.1 Å². The highest BCUT2D eigenvalue weighted by Gasteiger charge is 2.26. The van der Waals surface area contributed by atoms with Crippen LogP contribution >= 0.6 is 0 Å². The lowest BCUT2D eigenvalue weighted by atomic mass is 9.80. The van der Waals surface area contributed by atoms with E-state index >= 15 is 0 Å². The molecule has 1 aliphatic rings. The average molecular weight is 275 g/mol. The zero-order chi connectivity index (χ0) is 14.5. The molecule has 3 atom stereocenters. The van der Waals surface area contributed by atoms with Gasteiger partial charge in [0.25, 0.3) is 5.91 Å². The van der Waals surface area contributed by atoms with Gasteiger partial charge in [-0.25, -0.2) is 4.98 Å². The third kappa shape index (κ3) is 3.71. The van der Waals surface area contributed by atoms with E-state index in [-0.39, 0.29) is 11.9 Å². The molecular formula is C16H25N3O. The predicted molar refractivity (Wildman–Crippen MR) is 81.8 cm³/mol. The summed E-state index contributed by atoms with van der Waals surface area (Å²) in [6.45, 7) is 7.40. The van der Waals surface area contributed by atoms with Crippen LogP contribution in [0, 0.1) is 11.8 Å². The highest BCUT2D eigenvalue weighted by molar-refractivity contribution is 5.92. The largest absolute Gasteiger partial charge is 0.384 e. The highest BCUT2D eigenvalue weighted by Crippen LogP contribution is 2.28. The van der Waals surface area contributed by atoms with Crippen LogP contribution in [0.4, 0.5) is 5.69 Å². The molecule has 1 heterocycles. The maximum absolute atomic E-state index is 12.2. The van der Waals surface area contributed by atoms with Gasteiger partial charge in [0.2, 0.25) is 0 Å². The van der Waals surface area contributed by atoms with Gasteiger partial charge in [-0.05, 0) is 50.2 Å². The van der Waals surface area contributed by atoms with Gasteiger partial charge in [-0.2, -0.15) is 0 Å². The third-order valence-electron chi connectivity index (χ3n) is 4.13. The first-order chi connectivity index (χ1) is 9.60. The smallest absolute Gasteiger partial charge is 0.270 e. The lowest BCUT2D eigenvalue weighted by Crippen LogP contribution is -2.42. The zero-order valence-electron chi connectivity index (χ0n) is 12.6. The van der Waals surface area contributed by atoms with Gasteiger partial charge >= 0.3 is 0 Å². The molecule has 1 aromatic rings. The third-order valence-corrected chi connectivity index (χ3v) is 4.13. The number of aromatic nitrogens is 1. The molecule has 0 spiro atoms. The molecule has 1 aromatic heterocycles. The van der Waals surface area contributed by atoms with Gasteiger partial charge in [-0.1, -0.05) is 13.8 Å². The number of anilines is 1. The van der Waals surface area contributed by atoms with Gasteiger partial charge in [0.15, 0.2) is 0 Å². The minimum atomic E-state index is -0.0561. The molecular weight excluding hydrogens is 250 g/mol. The fourth-order valence-corrected chi connectivity index (χ4v) is 2.96. The minimum Gasteiger partial charge on any atom is -0.384 e. The van der Waals surface area contributed by atoms with Crippen molar-refractivity contribution in [1.29, 1.82) is 0 Å². The van der Waals surface area contributed by atoms with Crippen LogP contribution in [0.1, 0.15) is 50.5 Å². The van der Waals surface area contributed by atoms with Crippen LogP contribution in [0.15, 0.2) is 18.3 Å². The molecule has 110 valence electrons. The van der Waals surface area contributed by atoms with Gasteiger partial charge in [0, 0.05) is 12.6 Å². The highest BCUT2D eigenvalue weighted by atomic mass is 16.1. The van der Waals surface area contributed by atoms with Crippen molar-refractivity contribution in [2.75, 3.05) is 11.9 Å². The van der Waals surface area contributed by atoms with Gasteiger partial charge in [0.05, 0.1) is 11.9 Å². The molecule has 2 N–H and O–H groups in total. The molecule has 4 nitrogen and oxygen atoms in total. The normalized spacial score (nSPS) is 26.1. The van der Waals surface area contributed by atoms with Crippen LogP contribution in [0.5, 0.6) is 0 Å². The Morgan fingerprint density at radius 1 is 1.35 bits per heavy atom. The van der Waals surface area contributed by atoms with Crippen molar-refractivity contribution >= 4 is 11.6 Å². The fourth-order valence-electron chi connectivity index (χ4n) is 2.96. The van der Waals surface area contributed by atoms with Gasteiger partial charge < -0.3 is 10.6 Å². The molecule has 0 saturated heterocycles. The van der Waals surface area contributed by atoms with Gasteiger partial charge in [0.1, 0.15) is 5.69 Å². The van der Waals surface area contributed by atoms with E-state index in [1.165, 1.54) is 12.8 Å². The number of carbonyl (C=O) groups is 1. The number of carbonyl (C=O) groups excluding carboxylic acids is 1. The Morgan fingerprint density at radius 3 is 2.75 bits per heavy atom. The summed E-state index contributed by atoms with van der Waals surface area (Å²) in [4.78, 5) is 16.4. The van der Waals surface area contributed by atoms with Crippen molar-refractivity contribution in [3.63, 3.8) is 0 Å². The quantitative estimate of drug-likeness (QED) is 0.888. The lowest BCUT2D eigenvalue weighted by molar-refractivity contribution is 0.0894. The van der Waals surface area contributed by atoms with Crippen LogP contribution in [0.25, 0.3) is 0 Å². The molecule has 3 unspecified atom stereocenters. The predicted octanol–water partition coefficient (Wildman–Crippen LogP) is 3.07. The number of hydrogen-bond donors (Lipinski definition) is 2. The first-order valence-corrected chi connectivity index (χ1v) is 7.61. The molecule has 1 fully saturated rings. The molecule has 1 saturated carbocycles. The van der Waals surface area contributed by atoms with Crippen molar-refractivity contribution in [3.05, 3.63) is 24.0 Å². The summed E-state index contributed by atoms with van der Waals surface area (Å²) in [5, 5.41) is 6.31. The van der Waals surface area contributed by atoms with Crippen LogP contribution < -0.4 is 10.6 Å². The topological polar surface area (TPSA) is 54.0 Å². The number of amides is 1. The van der Waals surface area contributed by atoms with E-state index in [1.54, 1.807) is 12.3 Å². The Kier molecular flexibility index (Phi) is 4.99. The Morgan fingerprint density at radius 2 is 2.15 bits per heavy atom. The van der Waals surface area contributed by atoms with Crippen LogP contribution in [-0.2, 0) is 0 Å². The summed E-state index contributed by atoms with van der Waals surface area (Å²) in [5.41, 5.74) is 1.45. The number of pyridine rings is 1. The summed E-state index contributed by atoms with van der Waals surface area (Å²) >= 11 is 0. The first kappa shape index (κ1) is 14.8. The first-order valence-electron chi connectivity index (χ1n) is 7.61. The molecule has 1 aliphatic carbocycles. The Bertz CT molecular complexity index is 444. The number of hydrogen-bond acceptors (Lipinski definition) is 3. The van der Waals surface area contributed by atoms with Crippen LogP contribution in [0.3, 0.4) is 0 Å². The van der Waals surface area contributed by atoms with E-state index in [2.05, 4.69) is 29.5 Å². The maximum Gasteiger partial charge on any atom is 0.270 e. The SMILES string of the molecule is CCNc1ccc(C(=O)NC2CCC(C)CC2C)nc1. The summed E-state index contributed by atoms with van der Waals surface area (Å²) < 4.78 is 0. The number of rotatable bonds is 4. The van der Waals surface area contributed by atoms with Gasteiger partial charge in [-0.3, -0.25) is 4.79 Å². The summed E-state index contributed by atoms with van der Waals surface area (Å²) in [6, 6.07) is 3.97. The molecule has 1 amide bonds. The van der Waals surface area contributed by atoms with Gasteiger partial charge in [-0.15, -0.1) is 0 Å². The van der Waals surface area contributed by atoms with E-state index in [9.17, 15) is 4.79 Å². The maximum atomic E-state index is 12.2. The Hall–Kier alpha value is -1.58. The van der Waals surface area contributed by atoms with Crippen molar-refractivity contribution in [2.24, 2.45) is 11.8 Å². The molecule has 2 rings (SSSR count). The van der Waals surface area contributed by atoms with E-state index < -0.39 is 0 Å². The molecule has 0 aliphatic heterocycles. The van der Waals surface area contributed by atoms with E-state index in [0.717, 1.165) is 24.6 Å². The molecule has 0 radical (unpaired) electrons. The summed E-state index contributed by atoms with van der Waals surface area (Å²) in [6.07, 6.45) is 5.17.